The van der Waals surface area contributed by atoms with E-state index in [9.17, 15) is 244 Å². The predicted molar refractivity (Wildman–Crippen MR) is 336 cm³/mol. The number of halogens is 48. The highest BCUT2D eigenvalue weighted by Gasteiger charge is 2.81. The molecule has 72 heteroatoms. The summed E-state index contributed by atoms with van der Waals surface area (Å²) in [6.45, 7) is -23.7. The lowest BCUT2D eigenvalue weighted by molar-refractivity contribution is -0.342. The van der Waals surface area contributed by atoms with Gasteiger partial charge in [-0.05, 0) is 93.1 Å². The van der Waals surface area contributed by atoms with Gasteiger partial charge >= 0.3 is 145 Å². The van der Waals surface area contributed by atoms with Crippen molar-refractivity contribution in [1.82, 2.24) is 0 Å². The number of hydrogen-bond donors (Lipinski definition) is 0. The number of alkyl halides is 48. The Morgan fingerprint density at radius 3 is 0.880 bits per heavy atom. The number of allylic oxidation sites excluding steroid dienone is 10. The van der Waals surface area contributed by atoms with Gasteiger partial charge in [0.25, 0.3) is 60.7 Å². The van der Waals surface area contributed by atoms with Crippen LogP contribution < -0.4 is 0 Å². The Hall–Kier alpha value is -7.80. The van der Waals surface area contributed by atoms with Crippen LogP contribution in [0.2, 0.25) is 0 Å². The summed E-state index contributed by atoms with van der Waals surface area (Å²) in [6, 6.07) is -3.97. The third-order valence-corrected chi connectivity index (χ3v) is 25.4. The monoisotopic (exact) mass is 2160 g/mol. The van der Waals surface area contributed by atoms with Crippen LogP contribution in [0.15, 0.2) is 126 Å². The van der Waals surface area contributed by atoms with Crippen LogP contribution in [0.4, 0.5) is 211 Å². The number of hydrogen-bond acceptors (Lipinski definition) is 18. The van der Waals surface area contributed by atoms with Crippen molar-refractivity contribution in [1.29, 1.82) is 0 Å². The molecule has 0 spiro atoms. The maximum Gasteiger partial charge on any atom is 0.380 e. The fourth-order valence-electron chi connectivity index (χ4n) is 10.4. The van der Waals surface area contributed by atoms with Gasteiger partial charge in [-0.1, -0.05) is 42.5 Å². The van der Waals surface area contributed by atoms with Gasteiger partial charge in [-0.15, -0.1) is 0 Å². The lowest BCUT2D eigenvalue weighted by atomic mass is 9.92. The third-order valence-electron chi connectivity index (χ3n) is 17.8. The van der Waals surface area contributed by atoms with Crippen molar-refractivity contribution in [2.45, 2.75) is 176 Å². The zero-order valence-electron chi connectivity index (χ0n) is 61.4. The van der Waals surface area contributed by atoms with E-state index in [4.69, 9.17) is 0 Å². The number of fused-ring (bicyclic) bond motifs is 6. The van der Waals surface area contributed by atoms with Gasteiger partial charge in [0, 0.05) is 11.5 Å². The summed E-state index contributed by atoms with van der Waals surface area (Å²) in [6.07, 6.45) is -36.6. The minimum Gasteiger partial charge on any atom is -0.260 e. The van der Waals surface area contributed by atoms with Crippen molar-refractivity contribution >= 4 is 71.9 Å². The topological polar surface area (TPSA) is 260 Å². The molecule has 0 amide bonds. The molecule has 1 unspecified atom stereocenters. The second-order valence-corrected chi connectivity index (χ2v) is 36.2. The molecule has 0 fully saturated rings. The van der Waals surface area contributed by atoms with E-state index in [0.29, 0.717) is 0 Å². The Labute approximate surface area is 706 Å². The van der Waals surface area contributed by atoms with Crippen molar-refractivity contribution in [3.8, 4) is 11.1 Å². The quantitative estimate of drug-likeness (QED) is 0.0226. The molecule has 1 atom stereocenters. The zero-order chi connectivity index (χ0) is 104. The van der Waals surface area contributed by atoms with E-state index >= 15 is 17.6 Å². The molecule has 0 saturated heterocycles. The molecule has 0 heterocycles. The van der Waals surface area contributed by atoms with Gasteiger partial charge in [-0.2, -0.15) is 209 Å². The van der Waals surface area contributed by atoms with Gasteiger partial charge in [-0.25, -0.2) is 52.7 Å². The Morgan fingerprint density at radius 2 is 0.564 bits per heavy atom. The SMILES string of the molecule is O=S(=O)(OCC(F)(F)C(F)(F)C(F)(F)C(F)F)C1=CC2=C(/C=C/C=C/C=C3\c4cc(S(=O)(=O)OCC(F)(F)C(F)(F)C(F)(F)C(F)F)ccc4-c4c3cc(S(=O)(=O)OCC(F)(F)C(F)(F)C(F)(F)C(F)F)cc4S(=O)(=O)OCC(F)(F)C(F)(F)C(F)(F)C(F)F)c3cc(S(=O)(=O)OCC(F)(F)C(F)(F)C(F)(F)C(F)F)cc(S(=O)(=O)OCC(F)(F)C(F)(F)C(F)(F)C(F)F)c3C2C=C1. The molecule has 6 rings (SSSR count). The largest absolute Gasteiger partial charge is 0.380 e. The first-order valence-electron chi connectivity index (χ1n) is 32.6. The minimum absolute atomic E-state index is 0.0361. The van der Waals surface area contributed by atoms with Crippen LogP contribution in [0, 0.1) is 0 Å². The zero-order valence-corrected chi connectivity index (χ0v) is 66.3. The van der Waals surface area contributed by atoms with Crippen molar-refractivity contribution in [3.05, 3.63) is 124 Å². The van der Waals surface area contributed by atoms with Gasteiger partial charge < -0.3 is 0 Å². The molecule has 3 aromatic carbocycles. The molecule has 0 aromatic heterocycles. The summed E-state index contributed by atoms with van der Waals surface area (Å²) in [5, 5.41) is 0. The van der Waals surface area contributed by atoms with Crippen LogP contribution in [0.3, 0.4) is 0 Å². The van der Waals surface area contributed by atoms with E-state index in [1.54, 1.807) is 0 Å². The summed E-state index contributed by atoms with van der Waals surface area (Å²) in [5.41, 5.74) is -15.9. The summed E-state index contributed by atoms with van der Waals surface area (Å²) < 4.78 is 862. The van der Waals surface area contributed by atoms with Gasteiger partial charge in [0.05, 0.1) is 19.6 Å². The van der Waals surface area contributed by atoms with E-state index < -0.39 is 367 Å². The molecule has 0 bridgehead atoms. The van der Waals surface area contributed by atoms with Crippen molar-refractivity contribution in [2.75, 3.05) is 39.6 Å². The Bertz CT molecular complexity index is 5870. The first-order chi connectivity index (χ1) is 59.0. The highest BCUT2D eigenvalue weighted by Crippen LogP contribution is 2.59. The van der Waals surface area contributed by atoms with E-state index in [1.165, 1.54) is 0 Å². The second kappa shape index (κ2) is 35.9. The third kappa shape index (κ3) is 20.0. The van der Waals surface area contributed by atoms with Crippen LogP contribution in [0.5, 0.6) is 0 Å². The first kappa shape index (κ1) is 114. The average molecular weight is 2160 g/mol. The van der Waals surface area contributed by atoms with E-state index in [0.717, 1.165) is 0 Å². The lowest BCUT2D eigenvalue weighted by Crippen LogP contribution is -2.59. The van der Waals surface area contributed by atoms with Crippen molar-refractivity contribution in [2.24, 2.45) is 0 Å². The van der Waals surface area contributed by atoms with E-state index in [1.807, 2.05) is 0 Å². The number of rotatable bonds is 45. The fourth-order valence-corrected chi connectivity index (χ4v) is 16.8. The highest BCUT2D eigenvalue weighted by atomic mass is 32.2. The highest BCUT2D eigenvalue weighted by molar-refractivity contribution is 7.91. The molecular weight excluding hydrogens is 2120 g/mol. The van der Waals surface area contributed by atoms with Crippen LogP contribution in [-0.2, 0) is 85.8 Å². The molecule has 0 saturated carbocycles. The predicted octanol–water partition coefficient (Wildman–Crippen LogP) is 19.1. The molecule has 3 aliphatic rings. The molecular formula is C61H34F48O18S6. The lowest BCUT2D eigenvalue weighted by Gasteiger charge is -2.32. The second-order valence-electron chi connectivity index (χ2n) is 26.5. The molecule has 0 N–H and O–H groups in total. The summed E-state index contributed by atoms with van der Waals surface area (Å²) >= 11 is 0. The van der Waals surface area contributed by atoms with E-state index in [2.05, 4.69) is 25.1 Å². The Kier molecular flexibility index (Phi) is 30.7. The van der Waals surface area contributed by atoms with Gasteiger partial charge in [0.1, 0.15) is 49.4 Å². The molecule has 18 nitrogen and oxygen atoms in total. The maximum absolute atomic E-state index is 15.0. The van der Waals surface area contributed by atoms with Crippen LogP contribution in [-0.4, -0.2) is 235 Å². The molecule has 758 valence electrons. The van der Waals surface area contributed by atoms with Crippen LogP contribution >= 0.6 is 0 Å². The normalized spacial score (nSPS) is 17.3. The molecule has 3 aliphatic carbocycles. The summed E-state index contributed by atoms with van der Waals surface area (Å²) in [7, 11) is -42.6. The summed E-state index contributed by atoms with van der Waals surface area (Å²) in [4.78, 5) is -15.0. The molecule has 0 radical (unpaired) electrons. The van der Waals surface area contributed by atoms with Crippen molar-refractivity contribution < 1.29 is 286 Å². The standard InChI is InChI=1S/C61H34F48O18S6/c62-38(63)50(86,87)56(98,99)44(74,75)16-122-128(110,111)22-6-8-28-30(10-22)26(32-12-24(130(114,115)124-18-46(78,79)58(102,103)52(90,91)40(66)67)14-34(36(28)32)132(118,119)126-20-48(82,83)60(106,107)54(94,95)42(70)71)4-2-1-3-5-27-31-11-23(129(112,113)123-17-45(76,77)57(100,101)51(88,89)39(64)65)7-9-29(31)37-33(27)13-25(131(116,117)125-19-47(80,81)59(104,105)53(92,93)41(68)69)15-35(37)133(120,121)127-21-49(84,85)61(108,109)55(96,97)43(72)73/h1-15,28,38-43H,16-21H2/b3-1+,4-2+,27-5+. The minimum atomic E-state index is -7.63. The fraction of sp³-hybridized carbons (Fsp3) is 0.508. The van der Waals surface area contributed by atoms with Crippen LogP contribution in [0.25, 0.3) is 22.3 Å². The number of benzene rings is 3. The van der Waals surface area contributed by atoms with Gasteiger partial charge in [0.2, 0.25) is 0 Å². The smallest absolute Gasteiger partial charge is 0.260 e. The first-order valence-corrected chi connectivity index (χ1v) is 41.0. The van der Waals surface area contributed by atoms with Crippen molar-refractivity contribution in [3.63, 3.8) is 0 Å². The molecule has 3 aromatic rings. The molecule has 133 heavy (non-hydrogen) atoms. The Morgan fingerprint density at radius 1 is 0.293 bits per heavy atom. The maximum atomic E-state index is 15.0. The van der Waals surface area contributed by atoms with Crippen LogP contribution in [0.1, 0.15) is 28.2 Å². The van der Waals surface area contributed by atoms with Gasteiger partial charge in [-0.3, -0.25) is 25.1 Å². The van der Waals surface area contributed by atoms with E-state index in [-0.39, 0.29) is 54.7 Å². The summed E-state index contributed by atoms with van der Waals surface area (Å²) in [5.74, 6) is -134. The Balaban J connectivity index is 1.81. The average Bonchev–Trinajstić information content (AvgIpc) is 1.56. The van der Waals surface area contributed by atoms with Gasteiger partial charge in [0.15, 0.2) is 0 Å². The molecule has 0 aliphatic heterocycles.